The zero-order valence-corrected chi connectivity index (χ0v) is 17.9. The van der Waals surface area contributed by atoms with E-state index in [4.69, 9.17) is 10.5 Å². The Hall–Kier alpha value is -3.79. The van der Waals surface area contributed by atoms with Crippen LogP contribution in [0.25, 0.3) is 22.5 Å². The minimum atomic E-state index is -1.92. The predicted octanol–water partition coefficient (Wildman–Crippen LogP) is 2.63. The molecule has 1 aromatic carbocycles. The van der Waals surface area contributed by atoms with Gasteiger partial charge >= 0.3 is 0 Å². The van der Waals surface area contributed by atoms with Crippen LogP contribution >= 0.6 is 0 Å². The van der Waals surface area contributed by atoms with Crippen molar-refractivity contribution in [1.29, 1.82) is 0 Å². The second-order valence-corrected chi connectivity index (χ2v) is 7.88. The zero-order chi connectivity index (χ0) is 22.6. The van der Waals surface area contributed by atoms with Gasteiger partial charge in [0.15, 0.2) is 11.6 Å². The van der Waals surface area contributed by atoms with Gasteiger partial charge in [-0.2, -0.15) is 20.1 Å². The molecule has 4 heterocycles. The molecule has 0 saturated heterocycles. The summed E-state index contributed by atoms with van der Waals surface area (Å²) in [6, 6.07) is 5.82. The Balaban J connectivity index is 1.84. The second kappa shape index (κ2) is 7.13. The Kier molecular flexibility index (Phi) is 4.48. The molecule has 1 aliphatic rings. The highest BCUT2D eigenvalue weighted by molar-refractivity contribution is 5.71. The van der Waals surface area contributed by atoms with Gasteiger partial charge in [0, 0.05) is 55.4 Å². The van der Waals surface area contributed by atoms with Gasteiger partial charge in [-0.05, 0) is 31.2 Å². The van der Waals surface area contributed by atoms with Crippen LogP contribution in [0.2, 0.25) is 0 Å². The van der Waals surface area contributed by atoms with Gasteiger partial charge in [0.1, 0.15) is 11.5 Å². The summed E-state index contributed by atoms with van der Waals surface area (Å²) in [4.78, 5) is 5.72. The van der Waals surface area contributed by atoms with Crippen LogP contribution in [0.5, 0.6) is 5.75 Å². The minimum Gasteiger partial charge on any atom is -0.455 e. The van der Waals surface area contributed by atoms with Gasteiger partial charge in [-0.25, -0.2) is 9.37 Å². The first kappa shape index (κ1) is 20.1. The number of ether oxygens (including phenoxy) is 1. The number of fused-ring (bicyclic) bond motifs is 7. The maximum Gasteiger partial charge on any atom is 0.233 e. The van der Waals surface area contributed by atoms with Crippen LogP contribution in [0.1, 0.15) is 30.7 Å². The van der Waals surface area contributed by atoms with Gasteiger partial charge in [-0.3, -0.25) is 4.68 Å². The van der Waals surface area contributed by atoms with Crippen LogP contribution in [-0.4, -0.2) is 34.9 Å². The summed E-state index contributed by atoms with van der Waals surface area (Å²) < 4.78 is 22.0. The molecule has 9 nitrogen and oxygen atoms in total. The highest BCUT2D eigenvalue weighted by Gasteiger charge is 2.33. The normalized spacial score (nSPS) is 17.4. The van der Waals surface area contributed by atoms with Crippen molar-refractivity contribution in [2.45, 2.75) is 32.6 Å². The van der Waals surface area contributed by atoms with Crippen molar-refractivity contribution in [3.05, 3.63) is 59.3 Å². The SMILES string of the molecule is CCn1ncc2c1-c1cnc(N)c(c1)O[C@@](C)(O)c1cc(F)ccc1-c1nn(C)nc1C2. The Bertz CT molecular complexity index is 1340. The molecule has 164 valence electrons. The maximum absolute atomic E-state index is 14.3. The molecule has 0 aliphatic carbocycles. The summed E-state index contributed by atoms with van der Waals surface area (Å²) in [5.41, 5.74) is 10.5. The summed E-state index contributed by atoms with van der Waals surface area (Å²) >= 11 is 0. The van der Waals surface area contributed by atoms with Crippen molar-refractivity contribution in [2.75, 3.05) is 5.73 Å². The van der Waals surface area contributed by atoms with Gasteiger partial charge in [0.05, 0.1) is 17.6 Å². The van der Waals surface area contributed by atoms with E-state index in [1.54, 1.807) is 31.6 Å². The topological polar surface area (TPSA) is 117 Å². The van der Waals surface area contributed by atoms with Crippen molar-refractivity contribution < 1.29 is 14.2 Å². The number of pyridine rings is 1. The summed E-state index contributed by atoms with van der Waals surface area (Å²) in [5.74, 6) is -2.16. The molecule has 1 aliphatic heterocycles. The summed E-state index contributed by atoms with van der Waals surface area (Å²) in [6.45, 7) is 4.07. The largest absolute Gasteiger partial charge is 0.455 e. The fourth-order valence-electron chi connectivity index (χ4n) is 4.13. The quantitative estimate of drug-likeness (QED) is 0.472. The predicted molar refractivity (Wildman–Crippen MR) is 115 cm³/mol. The van der Waals surface area contributed by atoms with Crippen molar-refractivity contribution >= 4 is 5.82 Å². The van der Waals surface area contributed by atoms with Gasteiger partial charge in [-0.1, -0.05) is 0 Å². The maximum atomic E-state index is 14.3. The molecule has 0 saturated carbocycles. The molecule has 3 N–H and O–H groups in total. The van der Waals surface area contributed by atoms with Gasteiger partial charge in [-0.15, -0.1) is 0 Å². The Labute approximate surface area is 183 Å². The molecule has 1 atom stereocenters. The summed E-state index contributed by atoms with van der Waals surface area (Å²) in [5, 5.41) is 24.9. The van der Waals surface area contributed by atoms with Crippen LogP contribution in [0, 0.1) is 5.82 Å². The highest BCUT2D eigenvalue weighted by atomic mass is 19.1. The molecule has 2 bridgehead atoms. The third-order valence-corrected chi connectivity index (χ3v) is 5.56. The monoisotopic (exact) mass is 435 g/mol. The molecule has 0 spiro atoms. The lowest BCUT2D eigenvalue weighted by Crippen LogP contribution is -2.30. The number of rotatable bonds is 1. The minimum absolute atomic E-state index is 0.105. The number of aryl methyl sites for hydroxylation is 2. The molecule has 4 aromatic rings. The van der Waals surface area contributed by atoms with Crippen LogP contribution in [0.4, 0.5) is 10.2 Å². The number of benzene rings is 1. The number of nitrogens with two attached hydrogens (primary N) is 1. The van der Waals surface area contributed by atoms with E-state index in [-0.39, 0.29) is 17.1 Å². The Morgan fingerprint density at radius 3 is 2.84 bits per heavy atom. The average Bonchev–Trinajstić information content (AvgIpc) is 3.32. The number of anilines is 1. The standard InChI is InChI=1S/C22H22FN7O2/c1-4-30-20-12(11-26-30)7-17-19(28-29(3)27-17)15-6-5-14(23)9-16(15)22(2,31)32-18-8-13(20)10-25-21(18)24/h5-6,8-11,31H,4,7H2,1-3H3,(H2,24,25)/t22-/m1/s1. The van der Waals surface area contributed by atoms with Crippen LogP contribution in [0.15, 0.2) is 36.7 Å². The molecule has 0 unspecified atom stereocenters. The van der Waals surface area contributed by atoms with Gasteiger partial charge in [0.25, 0.3) is 0 Å². The third kappa shape index (κ3) is 3.19. The Morgan fingerprint density at radius 2 is 2.06 bits per heavy atom. The van der Waals surface area contributed by atoms with E-state index in [9.17, 15) is 9.50 Å². The number of nitrogen functional groups attached to an aromatic ring is 1. The molecular formula is C22H22FN7O2. The third-order valence-electron chi connectivity index (χ3n) is 5.56. The van der Waals surface area contributed by atoms with E-state index in [1.165, 1.54) is 23.9 Å². The van der Waals surface area contributed by atoms with E-state index >= 15 is 0 Å². The average molecular weight is 435 g/mol. The summed E-state index contributed by atoms with van der Waals surface area (Å²) in [7, 11) is 1.72. The lowest BCUT2D eigenvalue weighted by molar-refractivity contribution is -0.128. The Morgan fingerprint density at radius 1 is 1.25 bits per heavy atom. The van der Waals surface area contributed by atoms with Crippen molar-refractivity contribution in [3.8, 4) is 28.3 Å². The highest BCUT2D eigenvalue weighted by Crippen LogP contribution is 2.39. The molecule has 3 aromatic heterocycles. The number of halogens is 1. The lowest BCUT2D eigenvalue weighted by Gasteiger charge is -2.28. The fourth-order valence-corrected chi connectivity index (χ4v) is 4.13. The fraction of sp³-hybridized carbons (Fsp3) is 0.273. The first-order chi connectivity index (χ1) is 15.3. The number of hydrogen-bond acceptors (Lipinski definition) is 7. The van der Waals surface area contributed by atoms with Gasteiger partial charge in [0.2, 0.25) is 5.79 Å². The van der Waals surface area contributed by atoms with E-state index in [2.05, 4.69) is 20.3 Å². The van der Waals surface area contributed by atoms with Crippen LogP contribution in [0.3, 0.4) is 0 Å². The molecule has 5 rings (SSSR count). The van der Waals surface area contributed by atoms with Crippen LogP contribution in [-0.2, 0) is 25.8 Å². The number of aromatic nitrogens is 6. The van der Waals surface area contributed by atoms with Crippen LogP contribution < -0.4 is 10.5 Å². The molecule has 0 amide bonds. The number of nitrogens with zero attached hydrogens (tertiary/aromatic N) is 6. The zero-order valence-electron chi connectivity index (χ0n) is 17.9. The second-order valence-electron chi connectivity index (χ2n) is 7.88. The number of aliphatic hydroxyl groups is 1. The van der Waals surface area contributed by atoms with E-state index < -0.39 is 11.6 Å². The molecule has 32 heavy (non-hydrogen) atoms. The lowest BCUT2D eigenvalue weighted by atomic mass is 9.94. The molecule has 10 heteroatoms. The van der Waals surface area contributed by atoms with E-state index in [1.807, 2.05) is 11.6 Å². The first-order valence-corrected chi connectivity index (χ1v) is 10.2. The van der Waals surface area contributed by atoms with E-state index in [0.29, 0.717) is 29.9 Å². The summed E-state index contributed by atoms with van der Waals surface area (Å²) in [6.07, 6.45) is 3.86. The molecular weight excluding hydrogens is 413 g/mol. The first-order valence-electron chi connectivity index (χ1n) is 10.2. The molecule has 0 fully saturated rings. The van der Waals surface area contributed by atoms with E-state index in [0.717, 1.165) is 16.8 Å². The van der Waals surface area contributed by atoms with Crippen molar-refractivity contribution in [2.24, 2.45) is 7.05 Å². The van der Waals surface area contributed by atoms with Crippen molar-refractivity contribution in [1.82, 2.24) is 29.8 Å². The number of hydrogen-bond donors (Lipinski definition) is 2. The van der Waals surface area contributed by atoms with Gasteiger partial charge < -0.3 is 15.6 Å². The molecule has 0 radical (unpaired) electrons. The van der Waals surface area contributed by atoms with Crippen molar-refractivity contribution in [3.63, 3.8) is 0 Å². The smallest absolute Gasteiger partial charge is 0.233 e.